The average Bonchev–Trinajstić information content (AvgIpc) is 2.78. The van der Waals surface area contributed by atoms with Gasteiger partial charge in [0.2, 0.25) is 0 Å². The summed E-state index contributed by atoms with van der Waals surface area (Å²) >= 11 is 1.91. The van der Waals surface area contributed by atoms with E-state index in [9.17, 15) is 0 Å². The fraction of sp³-hybridized carbons (Fsp3) is 0.692. The predicted octanol–water partition coefficient (Wildman–Crippen LogP) is 3.61. The highest BCUT2D eigenvalue weighted by molar-refractivity contribution is 7.98. The van der Waals surface area contributed by atoms with Crippen molar-refractivity contribution >= 4 is 11.8 Å². The molecule has 0 aromatic carbocycles. The molecule has 0 N–H and O–H groups in total. The van der Waals surface area contributed by atoms with Gasteiger partial charge in [-0.15, -0.1) is 0 Å². The van der Waals surface area contributed by atoms with Crippen LogP contribution in [0.15, 0.2) is 12.4 Å². The minimum atomic E-state index is 0.698. The van der Waals surface area contributed by atoms with Crippen LogP contribution in [0.1, 0.15) is 44.9 Å². The second-order valence-electron chi connectivity index (χ2n) is 4.00. The molecule has 3 nitrogen and oxygen atoms in total. The zero-order chi connectivity index (χ0) is 12.3. The van der Waals surface area contributed by atoms with E-state index in [1.165, 1.54) is 25.1 Å². The molecule has 1 heterocycles. The lowest BCUT2D eigenvalue weighted by atomic mass is 10.1. The first kappa shape index (κ1) is 14.1. The Morgan fingerprint density at radius 1 is 1.35 bits per heavy atom. The van der Waals surface area contributed by atoms with Crippen molar-refractivity contribution in [2.24, 2.45) is 0 Å². The van der Waals surface area contributed by atoms with Crippen molar-refractivity contribution in [1.82, 2.24) is 9.55 Å². The summed E-state index contributed by atoms with van der Waals surface area (Å²) in [5.74, 6) is 3.34. The van der Waals surface area contributed by atoms with Gasteiger partial charge in [-0.2, -0.15) is 17.0 Å². The Morgan fingerprint density at radius 3 is 2.94 bits per heavy atom. The number of unbranched alkanes of at least 4 members (excludes halogenated alkanes) is 4. The molecule has 0 bridgehead atoms. The molecule has 0 aliphatic rings. The Morgan fingerprint density at radius 2 is 2.18 bits per heavy atom. The third-order valence-corrected chi connectivity index (χ3v) is 3.55. The maximum Gasteiger partial charge on any atom is 0.118 e. The van der Waals surface area contributed by atoms with E-state index in [4.69, 9.17) is 5.26 Å². The summed E-state index contributed by atoms with van der Waals surface area (Å²) in [5, 5.41) is 8.43. The van der Waals surface area contributed by atoms with Crippen LogP contribution in [0.4, 0.5) is 0 Å². The SMILES string of the molecule is CCSCc1nccn1CCCCCCC#N. The van der Waals surface area contributed by atoms with Gasteiger partial charge in [0.05, 0.1) is 11.8 Å². The first-order chi connectivity index (χ1) is 8.38. The Hall–Kier alpha value is -0.950. The maximum absolute atomic E-state index is 8.43. The van der Waals surface area contributed by atoms with E-state index in [-0.39, 0.29) is 0 Å². The molecule has 0 unspecified atom stereocenters. The molecule has 0 atom stereocenters. The zero-order valence-electron chi connectivity index (χ0n) is 10.6. The molecule has 0 saturated carbocycles. The number of aromatic nitrogens is 2. The summed E-state index contributed by atoms with van der Waals surface area (Å²) in [5.41, 5.74) is 0. The molecular formula is C13H21N3S. The lowest BCUT2D eigenvalue weighted by Crippen LogP contribution is -2.02. The molecule has 0 radical (unpaired) electrons. The van der Waals surface area contributed by atoms with Gasteiger partial charge in [0.15, 0.2) is 0 Å². The first-order valence-electron chi connectivity index (χ1n) is 6.33. The largest absolute Gasteiger partial charge is 0.334 e. The Bertz CT molecular complexity index is 341. The van der Waals surface area contributed by atoms with Crippen molar-refractivity contribution in [1.29, 1.82) is 5.26 Å². The molecule has 4 heteroatoms. The van der Waals surface area contributed by atoms with Gasteiger partial charge in [0.25, 0.3) is 0 Å². The Balaban J connectivity index is 2.18. The summed E-state index contributed by atoms with van der Waals surface area (Å²) in [6.45, 7) is 3.24. The van der Waals surface area contributed by atoms with Gasteiger partial charge < -0.3 is 4.57 Å². The molecule has 94 valence electrons. The lowest BCUT2D eigenvalue weighted by molar-refractivity contribution is 0.565. The van der Waals surface area contributed by atoms with Gasteiger partial charge >= 0.3 is 0 Å². The molecule has 0 saturated heterocycles. The van der Waals surface area contributed by atoms with Crippen LogP contribution in [0.3, 0.4) is 0 Å². The molecule has 1 aromatic rings. The quantitative estimate of drug-likeness (QED) is 0.630. The number of aryl methyl sites for hydroxylation is 1. The van der Waals surface area contributed by atoms with Gasteiger partial charge in [0.1, 0.15) is 5.82 Å². The molecule has 0 spiro atoms. The van der Waals surface area contributed by atoms with E-state index in [1.54, 1.807) is 0 Å². The third kappa shape index (κ3) is 5.78. The second-order valence-corrected chi connectivity index (χ2v) is 5.27. The van der Waals surface area contributed by atoms with E-state index in [0.717, 1.165) is 24.5 Å². The number of thioether (sulfide) groups is 1. The average molecular weight is 251 g/mol. The summed E-state index contributed by atoms with van der Waals surface area (Å²) in [7, 11) is 0. The number of nitriles is 1. The molecule has 0 fully saturated rings. The van der Waals surface area contributed by atoms with Crippen molar-refractivity contribution in [3.05, 3.63) is 18.2 Å². The number of rotatable bonds is 9. The number of hydrogen-bond donors (Lipinski definition) is 0. The van der Waals surface area contributed by atoms with Crippen LogP contribution < -0.4 is 0 Å². The fourth-order valence-corrected chi connectivity index (χ4v) is 2.34. The molecule has 1 aromatic heterocycles. The zero-order valence-corrected chi connectivity index (χ0v) is 11.4. The molecule has 1 rings (SSSR count). The molecule has 17 heavy (non-hydrogen) atoms. The van der Waals surface area contributed by atoms with Crippen LogP contribution in [-0.4, -0.2) is 15.3 Å². The summed E-state index contributed by atoms with van der Waals surface area (Å²) in [6.07, 6.45) is 9.26. The summed E-state index contributed by atoms with van der Waals surface area (Å²) in [6, 6.07) is 2.19. The van der Waals surface area contributed by atoms with Gasteiger partial charge in [0, 0.05) is 25.4 Å². The van der Waals surface area contributed by atoms with Crippen LogP contribution in [0, 0.1) is 11.3 Å². The summed E-state index contributed by atoms with van der Waals surface area (Å²) < 4.78 is 2.26. The molecule has 0 aliphatic heterocycles. The van der Waals surface area contributed by atoms with E-state index in [0.29, 0.717) is 6.42 Å². The highest BCUT2D eigenvalue weighted by atomic mass is 32.2. The second kappa shape index (κ2) is 9.12. The van der Waals surface area contributed by atoms with Crippen molar-refractivity contribution in [3.63, 3.8) is 0 Å². The predicted molar refractivity (Wildman–Crippen MR) is 72.8 cm³/mol. The van der Waals surface area contributed by atoms with E-state index in [2.05, 4.69) is 28.7 Å². The van der Waals surface area contributed by atoms with Crippen molar-refractivity contribution in [2.45, 2.75) is 51.3 Å². The van der Waals surface area contributed by atoms with Gasteiger partial charge in [-0.25, -0.2) is 4.98 Å². The Kier molecular flexibility index (Phi) is 7.57. The highest BCUT2D eigenvalue weighted by Gasteiger charge is 2.01. The van der Waals surface area contributed by atoms with Crippen molar-refractivity contribution < 1.29 is 0 Å². The monoisotopic (exact) mass is 251 g/mol. The maximum atomic E-state index is 8.43. The highest BCUT2D eigenvalue weighted by Crippen LogP contribution is 2.11. The Labute approximate surface area is 108 Å². The van der Waals surface area contributed by atoms with Crippen molar-refractivity contribution in [2.75, 3.05) is 5.75 Å². The topological polar surface area (TPSA) is 41.6 Å². The summed E-state index contributed by atoms with van der Waals surface area (Å²) in [4.78, 5) is 4.38. The van der Waals surface area contributed by atoms with Crippen LogP contribution in [-0.2, 0) is 12.3 Å². The third-order valence-electron chi connectivity index (χ3n) is 2.67. The number of imidazole rings is 1. The first-order valence-corrected chi connectivity index (χ1v) is 7.48. The van der Waals surface area contributed by atoms with Gasteiger partial charge in [-0.1, -0.05) is 19.8 Å². The molecular weight excluding hydrogens is 230 g/mol. The van der Waals surface area contributed by atoms with Gasteiger partial charge in [-0.3, -0.25) is 0 Å². The van der Waals surface area contributed by atoms with Gasteiger partial charge in [-0.05, 0) is 18.6 Å². The smallest absolute Gasteiger partial charge is 0.118 e. The van der Waals surface area contributed by atoms with E-state index < -0.39 is 0 Å². The van der Waals surface area contributed by atoms with E-state index >= 15 is 0 Å². The fourth-order valence-electron chi connectivity index (χ4n) is 1.72. The van der Waals surface area contributed by atoms with E-state index in [1.807, 2.05) is 18.0 Å². The lowest BCUT2D eigenvalue weighted by Gasteiger charge is -2.06. The number of nitrogens with zero attached hydrogens (tertiary/aromatic N) is 3. The van der Waals surface area contributed by atoms with Crippen molar-refractivity contribution in [3.8, 4) is 6.07 Å². The van der Waals surface area contributed by atoms with Crippen LogP contribution in [0.2, 0.25) is 0 Å². The normalized spacial score (nSPS) is 10.4. The molecule has 0 amide bonds. The van der Waals surface area contributed by atoms with Crippen LogP contribution >= 0.6 is 11.8 Å². The molecule has 0 aliphatic carbocycles. The van der Waals surface area contributed by atoms with Crippen LogP contribution in [0.25, 0.3) is 0 Å². The number of hydrogen-bond acceptors (Lipinski definition) is 3. The standard InChI is InChI=1S/C13H21N3S/c1-2-17-12-13-15-9-11-16(13)10-7-5-3-4-6-8-14/h9,11H,2-7,10,12H2,1H3. The minimum absolute atomic E-state index is 0.698. The van der Waals surface area contributed by atoms with Crippen LogP contribution in [0.5, 0.6) is 0 Å². The minimum Gasteiger partial charge on any atom is -0.334 e.